The minimum absolute atomic E-state index is 0.0619. The summed E-state index contributed by atoms with van der Waals surface area (Å²) in [6.07, 6.45) is 1.89. The Bertz CT molecular complexity index is 1160. The lowest BCUT2D eigenvalue weighted by atomic mass is 10.1. The molecule has 1 heterocycles. The normalized spacial score (nSPS) is 10.7. The van der Waals surface area contributed by atoms with Gasteiger partial charge in [0.05, 0.1) is 12.2 Å². The van der Waals surface area contributed by atoms with Gasteiger partial charge < -0.3 is 5.32 Å². The van der Waals surface area contributed by atoms with Crippen LogP contribution in [0.2, 0.25) is 0 Å². The van der Waals surface area contributed by atoms with Crippen LogP contribution in [0.5, 0.6) is 0 Å². The highest BCUT2D eigenvalue weighted by atomic mass is 19.2. The van der Waals surface area contributed by atoms with E-state index in [0.29, 0.717) is 6.54 Å². The number of amides is 1. The average molecular weight is 403 g/mol. The topological polar surface area (TPSA) is 46.9 Å². The lowest BCUT2D eigenvalue weighted by Crippen LogP contribution is -2.23. The summed E-state index contributed by atoms with van der Waals surface area (Å²) < 4.78 is 28.4. The van der Waals surface area contributed by atoms with Gasteiger partial charge in [0.15, 0.2) is 11.6 Å². The summed E-state index contributed by atoms with van der Waals surface area (Å²) in [4.78, 5) is 12.4. The van der Waals surface area contributed by atoms with Gasteiger partial charge in [0.1, 0.15) is 0 Å². The number of carbonyl (C=O) groups excluding carboxylic acids is 1. The highest BCUT2D eigenvalue weighted by molar-refractivity contribution is 5.94. The highest BCUT2D eigenvalue weighted by Gasteiger charge is 2.14. The number of benzene rings is 3. The maximum absolute atomic E-state index is 13.4. The third-order valence-corrected chi connectivity index (χ3v) is 4.69. The summed E-state index contributed by atoms with van der Waals surface area (Å²) in [5, 5.41) is 7.48. The first-order valence-electron chi connectivity index (χ1n) is 9.49. The molecule has 4 nitrogen and oxygen atoms in total. The maximum atomic E-state index is 13.4. The van der Waals surface area contributed by atoms with Crippen LogP contribution < -0.4 is 5.32 Å². The first-order chi connectivity index (χ1) is 14.6. The molecule has 0 saturated carbocycles. The standard InChI is InChI=1S/C24H19F2N3O/c25-21-12-11-19(13-22(21)26)24(30)27-14-20-16-29(15-17-7-3-1-4-8-17)28-23(20)18-9-5-2-6-10-18/h1-13,16H,14-15H2,(H,27,30). The molecule has 30 heavy (non-hydrogen) atoms. The Morgan fingerprint density at radius 1 is 0.900 bits per heavy atom. The molecule has 0 aliphatic rings. The Morgan fingerprint density at radius 3 is 2.30 bits per heavy atom. The molecule has 0 bridgehead atoms. The van der Waals surface area contributed by atoms with E-state index in [4.69, 9.17) is 5.10 Å². The Kier molecular flexibility index (Phi) is 5.66. The molecule has 0 aliphatic heterocycles. The van der Waals surface area contributed by atoms with E-state index in [0.717, 1.165) is 34.5 Å². The van der Waals surface area contributed by atoms with Gasteiger partial charge in [-0.05, 0) is 23.8 Å². The number of nitrogens with zero attached hydrogens (tertiary/aromatic N) is 2. The number of carbonyl (C=O) groups is 1. The molecule has 0 saturated heterocycles. The van der Waals surface area contributed by atoms with Gasteiger partial charge in [-0.2, -0.15) is 5.10 Å². The molecule has 0 atom stereocenters. The lowest BCUT2D eigenvalue weighted by molar-refractivity contribution is 0.0950. The molecule has 0 fully saturated rings. The molecule has 1 aromatic heterocycles. The van der Waals surface area contributed by atoms with Crippen molar-refractivity contribution in [3.63, 3.8) is 0 Å². The number of aromatic nitrogens is 2. The van der Waals surface area contributed by atoms with E-state index >= 15 is 0 Å². The Labute approximate surface area is 172 Å². The second kappa shape index (κ2) is 8.69. The fourth-order valence-electron chi connectivity index (χ4n) is 3.20. The number of hydrogen-bond acceptors (Lipinski definition) is 2. The largest absolute Gasteiger partial charge is 0.348 e. The number of nitrogens with one attached hydrogen (secondary N) is 1. The van der Waals surface area contributed by atoms with E-state index in [-0.39, 0.29) is 12.1 Å². The van der Waals surface area contributed by atoms with Crippen LogP contribution >= 0.6 is 0 Å². The van der Waals surface area contributed by atoms with Crippen LogP contribution in [0.15, 0.2) is 85.1 Å². The molecule has 1 N–H and O–H groups in total. The third kappa shape index (κ3) is 4.43. The summed E-state index contributed by atoms with van der Waals surface area (Å²) in [6, 6.07) is 22.7. The smallest absolute Gasteiger partial charge is 0.251 e. The number of halogens is 2. The van der Waals surface area contributed by atoms with E-state index in [9.17, 15) is 13.6 Å². The summed E-state index contributed by atoms with van der Waals surface area (Å²) in [5.74, 6) is -2.52. The van der Waals surface area contributed by atoms with E-state index in [2.05, 4.69) is 5.32 Å². The van der Waals surface area contributed by atoms with Crippen molar-refractivity contribution < 1.29 is 13.6 Å². The fraction of sp³-hybridized carbons (Fsp3) is 0.0833. The van der Waals surface area contributed by atoms with Crippen molar-refractivity contribution in [3.8, 4) is 11.3 Å². The van der Waals surface area contributed by atoms with Crippen molar-refractivity contribution in [2.75, 3.05) is 0 Å². The molecule has 4 aromatic rings. The minimum atomic E-state index is -1.05. The van der Waals surface area contributed by atoms with Gasteiger partial charge in [0.25, 0.3) is 5.91 Å². The van der Waals surface area contributed by atoms with Crippen molar-refractivity contribution in [1.29, 1.82) is 0 Å². The minimum Gasteiger partial charge on any atom is -0.348 e. The third-order valence-electron chi connectivity index (χ3n) is 4.69. The van der Waals surface area contributed by atoms with Crippen molar-refractivity contribution in [3.05, 3.63) is 113 Å². The highest BCUT2D eigenvalue weighted by Crippen LogP contribution is 2.22. The quantitative estimate of drug-likeness (QED) is 0.502. The fourth-order valence-corrected chi connectivity index (χ4v) is 3.20. The Hall–Kier alpha value is -3.80. The van der Waals surface area contributed by atoms with Crippen molar-refractivity contribution >= 4 is 5.91 Å². The van der Waals surface area contributed by atoms with E-state index in [1.54, 1.807) is 0 Å². The van der Waals surface area contributed by atoms with Gasteiger partial charge in [-0.25, -0.2) is 8.78 Å². The number of rotatable bonds is 6. The molecule has 4 rings (SSSR count). The van der Waals surface area contributed by atoms with E-state index in [1.165, 1.54) is 6.07 Å². The van der Waals surface area contributed by atoms with Crippen molar-refractivity contribution in [1.82, 2.24) is 15.1 Å². The molecule has 0 spiro atoms. The van der Waals surface area contributed by atoms with Crippen LogP contribution in [0, 0.1) is 11.6 Å². The van der Waals surface area contributed by atoms with Gasteiger partial charge in [-0.15, -0.1) is 0 Å². The SMILES string of the molecule is O=C(NCc1cn(Cc2ccccc2)nc1-c1ccccc1)c1ccc(F)c(F)c1. The zero-order valence-corrected chi connectivity index (χ0v) is 16.1. The second-order valence-electron chi connectivity index (χ2n) is 6.86. The van der Waals surface area contributed by atoms with Crippen molar-refractivity contribution in [2.24, 2.45) is 0 Å². The lowest BCUT2D eigenvalue weighted by Gasteiger charge is -2.06. The molecular weight excluding hydrogens is 384 g/mol. The Balaban J connectivity index is 1.57. The predicted octanol–water partition coefficient (Wildman–Crippen LogP) is 4.81. The molecule has 0 aliphatic carbocycles. The molecule has 6 heteroatoms. The maximum Gasteiger partial charge on any atom is 0.251 e. The van der Waals surface area contributed by atoms with Crippen LogP contribution in [0.3, 0.4) is 0 Å². The van der Waals surface area contributed by atoms with Crippen LogP contribution in [0.25, 0.3) is 11.3 Å². The Morgan fingerprint density at radius 2 is 1.60 bits per heavy atom. The zero-order chi connectivity index (χ0) is 20.9. The molecule has 0 radical (unpaired) electrons. The zero-order valence-electron chi connectivity index (χ0n) is 16.1. The van der Waals surface area contributed by atoms with Crippen LogP contribution in [-0.2, 0) is 13.1 Å². The van der Waals surface area contributed by atoms with Crippen molar-refractivity contribution in [2.45, 2.75) is 13.1 Å². The summed E-state index contributed by atoms with van der Waals surface area (Å²) in [7, 11) is 0. The van der Waals surface area contributed by atoms with Gasteiger partial charge in [-0.3, -0.25) is 9.48 Å². The average Bonchev–Trinajstić information content (AvgIpc) is 3.18. The summed E-state index contributed by atoms with van der Waals surface area (Å²) in [6.45, 7) is 0.800. The van der Waals surface area contributed by atoms with Crippen LogP contribution in [-0.4, -0.2) is 15.7 Å². The predicted molar refractivity (Wildman–Crippen MR) is 111 cm³/mol. The second-order valence-corrected chi connectivity index (χ2v) is 6.86. The molecule has 3 aromatic carbocycles. The molecule has 1 amide bonds. The van der Waals surface area contributed by atoms with Gasteiger partial charge in [0, 0.05) is 29.4 Å². The number of hydrogen-bond donors (Lipinski definition) is 1. The first kappa shape index (κ1) is 19.5. The molecule has 150 valence electrons. The van der Waals surface area contributed by atoms with Crippen LogP contribution in [0.4, 0.5) is 8.78 Å². The van der Waals surface area contributed by atoms with Gasteiger partial charge >= 0.3 is 0 Å². The van der Waals surface area contributed by atoms with Gasteiger partial charge in [0.2, 0.25) is 0 Å². The molecule has 0 unspecified atom stereocenters. The summed E-state index contributed by atoms with van der Waals surface area (Å²) >= 11 is 0. The van der Waals surface area contributed by atoms with E-state index < -0.39 is 17.5 Å². The van der Waals surface area contributed by atoms with Gasteiger partial charge in [-0.1, -0.05) is 60.7 Å². The van der Waals surface area contributed by atoms with E-state index in [1.807, 2.05) is 71.5 Å². The summed E-state index contributed by atoms with van der Waals surface area (Å²) in [5.41, 5.74) is 3.69. The molecular formula is C24H19F2N3O. The monoisotopic (exact) mass is 403 g/mol. The first-order valence-corrected chi connectivity index (χ1v) is 9.49. The van der Waals surface area contributed by atoms with Crippen LogP contribution in [0.1, 0.15) is 21.5 Å².